The molecule has 96 valence electrons. The van der Waals surface area contributed by atoms with Crippen molar-refractivity contribution in [2.45, 2.75) is 0 Å². The second-order valence-corrected chi connectivity index (χ2v) is 5.63. The number of ketones is 1. The maximum absolute atomic E-state index is 12.0. The Bertz CT molecular complexity index is 633. The van der Waals surface area contributed by atoms with Gasteiger partial charge in [0.05, 0.1) is 5.02 Å². The Morgan fingerprint density at radius 2 is 1.74 bits per heavy atom. The summed E-state index contributed by atoms with van der Waals surface area (Å²) in [6.07, 6.45) is 3.23. The predicted molar refractivity (Wildman–Crippen MR) is 84.0 cm³/mol. The van der Waals surface area contributed by atoms with E-state index in [4.69, 9.17) is 23.2 Å². The molecule has 0 radical (unpaired) electrons. The van der Waals surface area contributed by atoms with Crippen LogP contribution in [0.4, 0.5) is 0 Å². The summed E-state index contributed by atoms with van der Waals surface area (Å²) in [7, 11) is 0. The van der Waals surface area contributed by atoms with E-state index in [-0.39, 0.29) is 5.78 Å². The van der Waals surface area contributed by atoms with Crippen LogP contribution < -0.4 is 0 Å². The minimum absolute atomic E-state index is 0.171. The van der Waals surface area contributed by atoms with E-state index in [1.165, 1.54) is 6.08 Å². The molecule has 0 spiro atoms. The molecule has 0 heterocycles. The van der Waals surface area contributed by atoms with Crippen LogP contribution in [0.15, 0.2) is 53.0 Å². The van der Waals surface area contributed by atoms with Gasteiger partial charge in [-0.3, -0.25) is 4.79 Å². The van der Waals surface area contributed by atoms with Crippen LogP contribution in [0.25, 0.3) is 6.08 Å². The molecule has 0 aliphatic heterocycles. The van der Waals surface area contributed by atoms with Gasteiger partial charge in [0.15, 0.2) is 5.78 Å². The summed E-state index contributed by atoms with van der Waals surface area (Å²) in [6, 6.07) is 12.5. The number of carbonyl (C=O) groups excluding carboxylic acids is 1. The molecule has 0 amide bonds. The van der Waals surface area contributed by atoms with Crippen LogP contribution in [-0.4, -0.2) is 5.78 Å². The van der Waals surface area contributed by atoms with Gasteiger partial charge in [0, 0.05) is 15.1 Å². The highest BCUT2D eigenvalue weighted by atomic mass is 79.9. The monoisotopic (exact) mass is 354 g/mol. The third kappa shape index (κ3) is 3.93. The lowest BCUT2D eigenvalue weighted by molar-refractivity contribution is 0.104. The van der Waals surface area contributed by atoms with Crippen LogP contribution in [0, 0.1) is 0 Å². The lowest BCUT2D eigenvalue weighted by Crippen LogP contribution is -1.95. The van der Waals surface area contributed by atoms with Gasteiger partial charge in [0.25, 0.3) is 0 Å². The van der Waals surface area contributed by atoms with Crippen LogP contribution in [0.2, 0.25) is 10.0 Å². The molecule has 0 aliphatic carbocycles. The number of hydrogen-bond acceptors (Lipinski definition) is 1. The minimum Gasteiger partial charge on any atom is -0.289 e. The molecule has 2 aromatic rings. The van der Waals surface area contributed by atoms with Crippen LogP contribution in [0.5, 0.6) is 0 Å². The van der Waals surface area contributed by atoms with Crippen LogP contribution >= 0.6 is 39.1 Å². The lowest BCUT2D eigenvalue weighted by atomic mass is 10.1. The van der Waals surface area contributed by atoms with Crippen molar-refractivity contribution in [1.82, 2.24) is 0 Å². The second kappa shape index (κ2) is 6.38. The van der Waals surface area contributed by atoms with Gasteiger partial charge < -0.3 is 0 Å². The normalized spacial score (nSPS) is 10.9. The van der Waals surface area contributed by atoms with E-state index < -0.39 is 0 Å². The van der Waals surface area contributed by atoms with Crippen LogP contribution in [-0.2, 0) is 0 Å². The zero-order chi connectivity index (χ0) is 13.8. The number of carbonyl (C=O) groups is 1. The van der Waals surface area contributed by atoms with Crippen molar-refractivity contribution in [3.63, 3.8) is 0 Å². The van der Waals surface area contributed by atoms with E-state index in [2.05, 4.69) is 15.9 Å². The molecule has 0 N–H and O–H groups in total. The maximum Gasteiger partial charge on any atom is 0.187 e. The molecule has 0 bridgehead atoms. The number of hydrogen-bond donors (Lipinski definition) is 0. The molecule has 0 atom stereocenters. The third-order valence-corrected chi connectivity index (χ3v) is 3.58. The average Bonchev–Trinajstić information content (AvgIpc) is 2.40. The van der Waals surface area contributed by atoms with Crippen LogP contribution in [0.3, 0.4) is 0 Å². The highest BCUT2D eigenvalue weighted by molar-refractivity contribution is 9.10. The van der Waals surface area contributed by atoms with E-state index >= 15 is 0 Å². The van der Waals surface area contributed by atoms with Crippen LogP contribution in [0.1, 0.15) is 15.9 Å². The first-order valence-electron chi connectivity index (χ1n) is 5.49. The smallest absolute Gasteiger partial charge is 0.187 e. The summed E-state index contributed by atoms with van der Waals surface area (Å²) in [5, 5.41) is 0.889. The molecule has 2 aromatic carbocycles. The highest BCUT2D eigenvalue weighted by Crippen LogP contribution is 2.21. The molecule has 0 aromatic heterocycles. The molecule has 1 nitrogen and oxygen atoms in total. The van der Waals surface area contributed by atoms with Crippen molar-refractivity contribution in [2.75, 3.05) is 0 Å². The topological polar surface area (TPSA) is 17.1 Å². The first-order chi connectivity index (χ1) is 9.06. The zero-order valence-electron chi connectivity index (χ0n) is 9.74. The Balaban J connectivity index is 2.21. The predicted octanol–water partition coefficient (Wildman–Crippen LogP) is 5.65. The van der Waals surface area contributed by atoms with Gasteiger partial charge >= 0.3 is 0 Å². The van der Waals surface area contributed by atoms with Gasteiger partial charge in [0.1, 0.15) is 0 Å². The van der Waals surface area contributed by atoms with Gasteiger partial charge in [0.2, 0.25) is 0 Å². The molecule has 0 fully saturated rings. The lowest BCUT2D eigenvalue weighted by Gasteiger charge is -2.00. The molecule has 0 unspecified atom stereocenters. The standard InChI is InChI=1S/C15H9BrCl2O/c16-11-4-1-10(2-5-11)3-8-15(19)13-9-12(17)6-7-14(13)18/h1-9H. The molecule has 4 heteroatoms. The van der Waals surface area contributed by atoms with E-state index in [0.29, 0.717) is 15.6 Å². The van der Waals surface area contributed by atoms with E-state index in [0.717, 1.165) is 10.0 Å². The molecule has 0 aliphatic rings. The fraction of sp³-hybridized carbons (Fsp3) is 0. The Labute approximate surface area is 130 Å². The highest BCUT2D eigenvalue weighted by Gasteiger charge is 2.07. The zero-order valence-corrected chi connectivity index (χ0v) is 12.8. The molecular formula is C15H9BrCl2O. The fourth-order valence-electron chi connectivity index (χ4n) is 1.52. The van der Waals surface area contributed by atoms with E-state index in [1.54, 1.807) is 24.3 Å². The Morgan fingerprint density at radius 1 is 1.05 bits per heavy atom. The third-order valence-electron chi connectivity index (χ3n) is 2.49. The minimum atomic E-state index is -0.171. The molecule has 19 heavy (non-hydrogen) atoms. The first-order valence-corrected chi connectivity index (χ1v) is 7.04. The number of benzene rings is 2. The molecule has 0 saturated heterocycles. The maximum atomic E-state index is 12.0. The number of halogens is 3. The van der Waals surface area contributed by atoms with E-state index in [9.17, 15) is 4.79 Å². The Morgan fingerprint density at radius 3 is 2.42 bits per heavy atom. The molecule has 0 saturated carbocycles. The average molecular weight is 356 g/mol. The number of rotatable bonds is 3. The molecular weight excluding hydrogens is 347 g/mol. The Kier molecular flexibility index (Phi) is 4.81. The van der Waals surface area contributed by atoms with Crippen molar-refractivity contribution in [2.24, 2.45) is 0 Å². The largest absolute Gasteiger partial charge is 0.289 e. The van der Waals surface area contributed by atoms with Crippen molar-refractivity contribution in [3.8, 4) is 0 Å². The van der Waals surface area contributed by atoms with Gasteiger partial charge in [-0.15, -0.1) is 0 Å². The van der Waals surface area contributed by atoms with Gasteiger partial charge in [-0.25, -0.2) is 0 Å². The summed E-state index contributed by atoms with van der Waals surface area (Å²) < 4.78 is 0.994. The van der Waals surface area contributed by atoms with Gasteiger partial charge in [-0.05, 0) is 42.0 Å². The fourth-order valence-corrected chi connectivity index (χ4v) is 2.17. The van der Waals surface area contributed by atoms with Crippen molar-refractivity contribution in [3.05, 3.63) is 74.2 Å². The van der Waals surface area contributed by atoms with Crippen molar-refractivity contribution in [1.29, 1.82) is 0 Å². The summed E-state index contributed by atoms with van der Waals surface area (Å²) in [4.78, 5) is 12.0. The van der Waals surface area contributed by atoms with Gasteiger partial charge in [-0.2, -0.15) is 0 Å². The van der Waals surface area contributed by atoms with Crippen molar-refractivity contribution >= 4 is 51.0 Å². The summed E-state index contributed by atoms with van der Waals surface area (Å²) in [5.74, 6) is -0.171. The van der Waals surface area contributed by atoms with Crippen molar-refractivity contribution < 1.29 is 4.79 Å². The quantitative estimate of drug-likeness (QED) is 0.513. The summed E-state index contributed by atoms with van der Waals surface area (Å²) in [6.45, 7) is 0. The second-order valence-electron chi connectivity index (χ2n) is 3.87. The molecule has 2 rings (SSSR count). The first kappa shape index (κ1) is 14.3. The summed E-state index contributed by atoms with van der Waals surface area (Å²) >= 11 is 15.2. The van der Waals surface area contributed by atoms with E-state index in [1.807, 2.05) is 24.3 Å². The van der Waals surface area contributed by atoms with Gasteiger partial charge in [-0.1, -0.05) is 57.3 Å². The Hall–Kier alpha value is -1.09. The SMILES string of the molecule is O=C(C=Cc1ccc(Br)cc1)c1cc(Cl)ccc1Cl. The summed E-state index contributed by atoms with van der Waals surface area (Å²) in [5.41, 5.74) is 1.34. The number of allylic oxidation sites excluding steroid dienone is 1.